The number of benzene rings is 1. The number of carbonyl (C=O) groups excluding carboxylic acids is 1. The fourth-order valence-electron chi connectivity index (χ4n) is 2.64. The first kappa shape index (κ1) is 15.8. The third kappa shape index (κ3) is 5.01. The highest BCUT2D eigenvalue weighted by molar-refractivity contribution is 5.91. The van der Waals surface area contributed by atoms with Crippen molar-refractivity contribution in [1.82, 2.24) is 5.32 Å². The van der Waals surface area contributed by atoms with Crippen LogP contribution in [-0.2, 0) is 4.79 Å². The Labute approximate surface area is 127 Å². The fraction of sp³-hybridized carbons (Fsp3) is 0.500. The first-order chi connectivity index (χ1) is 9.97. The molecule has 1 aliphatic rings. The highest BCUT2D eigenvalue weighted by atomic mass is 16.3. The lowest BCUT2D eigenvalue weighted by atomic mass is 9.79. The third-order valence-corrected chi connectivity index (χ3v) is 4.30. The summed E-state index contributed by atoms with van der Waals surface area (Å²) in [4.78, 5) is 11.8. The van der Waals surface area contributed by atoms with Crippen LogP contribution in [0.2, 0.25) is 0 Å². The molecule has 2 N–H and O–H groups in total. The molecular formula is C18H25NO2. The summed E-state index contributed by atoms with van der Waals surface area (Å²) in [5, 5.41) is 13.2. The number of carbonyl (C=O) groups is 1. The topological polar surface area (TPSA) is 49.3 Å². The Balaban J connectivity index is 1.80. The molecule has 114 valence electrons. The van der Waals surface area contributed by atoms with Gasteiger partial charge in [-0.05, 0) is 50.2 Å². The maximum Gasteiger partial charge on any atom is 0.244 e. The van der Waals surface area contributed by atoms with Gasteiger partial charge in [-0.2, -0.15) is 0 Å². The summed E-state index contributed by atoms with van der Waals surface area (Å²) in [7, 11) is 0. The van der Waals surface area contributed by atoms with Crippen LogP contribution < -0.4 is 5.32 Å². The zero-order valence-electron chi connectivity index (χ0n) is 12.9. The van der Waals surface area contributed by atoms with E-state index >= 15 is 0 Å². The van der Waals surface area contributed by atoms with Crippen molar-refractivity contribution in [2.45, 2.75) is 45.1 Å². The van der Waals surface area contributed by atoms with Gasteiger partial charge in [-0.15, -0.1) is 0 Å². The molecule has 0 aromatic heterocycles. The maximum atomic E-state index is 11.8. The molecule has 0 bridgehead atoms. The molecule has 1 aromatic carbocycles. The van der Waals surface area contributed by atoms with Crippen LogP contribution in [0, 0.1) is 12.8 Å². The van der Waals surface area contributed by atoms with Crippen LogP contribution >= 0.6 is 0 Å². The molecular weight excluding hydrogens is 262 g/mol. The Morgan fingerprint density at radius 3 is 2.57 bits per heavy atom. The number of hydrogen-bond donors (Lipinski definition) is 2. The smallest absolute Gasteiger partial charge is 0.244 e. The third-order valence-electron chi connectivity index (χ3n) is 4.30. The van der Waals surface area contributed by atoms with Crippen LogP contribution in [0.15, 0.2) is 30.3 Å². The molecule has 0 aliphatic heterocycles. The summed E-state index contributed by atoms with van der Waals surface area (Å²) >= 11 is 0. The maximum absolute atomic E-state index is 11.8. The van der Waals surface area contributed by atoms with E-state index in [2.05, 4.69) is 12.2 Å². The predicted molar refractivity (Wildman–Crippen MR) is 85.8 cm³/mol. The second kappa shape index (κ2) is 6.90. The van der Waals surface area contributed by atoms with Crippen molar-refractivity contribution in [3.63, 3.8) is 0 Å². The minimum Gasteiger partial charge on any atom is -0.388 e. The van der Waals surface area contributed by atoms with Gasteiger partial charge in [0.1, 0.15) is 0 Å². The Bertz CT molecular complexity index is 496. The van der Waals surface area contributed by atoms with Crippen molar-refractivity contribution in [3.05, 3.63) is 41.5 Å². The summed E-state index contributed by atoms with van der Waals surface area (Å²) in [5.41, 5.74) is 1.48. The largest absolute Gasteiger partial charge is 0.388 e. The quantitative estimate of drug-likeness (QED) is 0.836. The van der Waals surface area contributed by atoms with Gasteiger partial charge in [0.15, 0.2) is 0 Å². The van der Waals surface area contributed by atoms with E-state index in [0.29, 0.717) is 12.5 Å². The molecule has 0 spiro atoms. The standard InChI is InChI=1S/C18H25NO2/c1-14-3-5-16(6-4-14)7-8-17(20)19-13-18(21)11-9-15(2)10-12-18/h3-8,15,21H,9-13H2,1-2H3,(H,19,20). The van der Waals surface area contributed by atoms with Crippen LogP contribution in [0.25, 0.3) is 6.08 Å². The molecule has 1 aromatic rings. The molecule has 1 saturated carbocycles. The van der Waals surface area contributed by atoms with E-state index in [-0.39, 0.29) is 5.91 Å². The Hall–Kier alpha value is -1.61. The van der Waals surface area contributed by atoms with Crippen molar-refractivity contribution in [2.24, 2.45) is 5.92 Å². The molecule has 0 radical (unpaired) electrons. The second-order valence-corrected chi connectivity index (χ2v) is 6.37. The van der Waals surface area contributed by atoms with E-state index < -0.39 is 5.60 Å². The summed E-state index contributed by atoms with van der Waals surface area (Å²) in [6.45, 7) is 4.59. The van der Waals surface area contributed by atoms with Gasteiger partial charge in [0, 0.05) is 12.6 Å². The van der Waals surface area contributed by atoms with E-state index in [4.69, 9.17) is 0 Å². The van der Waals surface area contributed by atoms with Crippen LogP contribution in [0.4, 0.5) is 0 Å². The average molecular weight is 287 g/mol. The van der Waals surface area contributed by atoms with Gasteiger partial charge in [-0.1, -0.05) is 36.8 Å². The van der Waals surface area contributed by atoms with Crippen molar-refractivity contribution in [1.29, 1.82) is 0 Å². The highest BCUT2D eigenvalue weighted by Gasteiger charge is 2.31. The van der Waals surface area contributed by atoms with Gasteiger partial charge < -0.3 is 10.4 Å². The highest BCUT2D eigenvalue weighted by Crippen LogP contribution is 2.31. The molecule has 0 unspecified atom stereocenters. The van der Waals surface area contributed by atoms with Crippen molar-refractivity contribution < 1.29 is 9.90 Å². The molecule has 0 heterocycles. The van der Waals surface area contributed by atoms with Crippen LogP contribution in [0.3, 0.4) is 0 Å². The fourth-order valence-corrected chi connectivity index (χ4v) is 2.64. The first-order valence-corrected chi connectivity index (χ1v) is 7.72. The lowest BCUT2D eigenvalue weighted by molar-refractivity contribution is -0.118. The summed E-state index contributed by atoms with van der Waals surface area (Å²) in [6, 6.07) is 8.00. The SMILES string of the molecule is Cc1ccc(C=CC(=O)NCC2(O)CCC(C)CC2)cc1. The zero-order valence-corrected chi connectivity index (χ0v) is 12.9. The molecule has 3 heteroatoms. The molecule has 1 aliphatic carbocycles. The lowest BCUT2D eigenvalue weighted by Crippen LogP contribution is -2.44. The van der Waals surface area contributed by atoms with Gasteiger partial charge in [-0.3, -0.25) is 4.79 Å². The van der Waals surface area contributed by atoms with E-state index in [9.17, 15) is 9.90 Å². The average Bonchev–Trinajstić information content (AvgIpc) is 2.48. The van der Waals surface area contributed by atoms with Crippen LogP contribution in [-0.4, -0.2) is 23.2 Å². The van der Waals surface area contributed by atoms with Crippen molar-refractivity contribution in [2.75, 3.05) is 6.54 Å². The van der Waals surface area contributed by atoms with Gasteiger partial charge in [0.25, 0.3) is 0 Å². The lowest BCUT2D eigenvalue weighted by Gasteiger charge is -2.34. The Kier molecular flexibility index (Phi) is 5.18. The molecule has 0 atom stereocenters. The minimum absolute atomic E-state index is 0.150. The zero-order chi connectivity index (χ0) is 15.3. The van der Waals surface area contributed by atoms with Crippen LogP contribution in [0.1, 0.15) is 43.7 Å². The Morgan fingerprint density at radius 1 is 1.33 bits per heavy atom. The van der Waals surface area contributed by atoms with Crippen LogP contribution in [0.5, 0.6) is 0 Å². The Morgan fingerprint density at radius 2 is 1.95 bits per heavy atom. The van der Waals surface area contributed by atoms with E-state index in [1.165, 1.54) is 11.6 Å². The number of rotatable bonds is 4. The molecule has 0 saturated heterocycles. The summed E-state index contributed by atoms with van der Waals surface area (Å²) < 4.78 is 0. The van der Waals surface area contributed by atoms with Crippen molar-refractivity contribution >= 4 is 12.0 Å². The van der Waals surface area contributed by atoms with E-state index in [1.807, 2.05) is 31.2 Å². The number of hydrogen-bond acceptors (Lipinski definition) is 2. The van der Waals surface area contributed by atoms with Gasteiger partial charge in [-0.25, -0.2) is 0 Å². The number of aliphatic hydroxyl groups is 1. The molecule has 1 fully saturated rings. The number of aryl methyl sites for hydroxylation is 1. The van der Waals surface area contributed by atoms with Crippen molar-refractivity contribution in [3.8, 4) is 0 Å². The summed E-state index contributed by atoms with van der Waals surface area (Å²) in [5.74, 6) is 0.532. The monoisotopic (exact) mass is 287 g/mol. The van der Waals surface area contributed by atoms with Gasteiger partial charge in [0.2, 0.25) is 5.91 Å². The summed E-state index contributed by atoms with van der Waals surface area (Å²) in [6.07, 6.45) is 6.94. The van der Waals surface area contributed by atoms with Gasteiger partial charge >= 0.3 is 0 Å². The van der Waals surface area contributed by atoms with E-state index in [0.717, 1.165) is 31.2 Å². The minimum atomic E-state index is -0.722. The molecule has 2 rings (SSSR count). The first-order valence-electron chi connectivity index (χ1n) is 7.72. The molecule has 3 nitrogen and oxygen atoms in total. The second-order valence-electron chi connectivity index (χ2n) is 6.37. The molecule has 1 amide bonds. The predicted octanol–water partition coefficient (Wildman–Crippen LogP) is 3.07. The molecule has 21 heavy (non-hydrogen) atoms. The number of amides is 1. The number of nitrogens with one attached hydrogen (secondary N) is 1. The van der Waals surface area contributed by atoms with E-state index in [1.54, 1.807) is 6.08 Å². The van der Waals surface area contributed by atoms with Gasteiger partial charge in [0.05, 0.1) is 5.60 Å². The normalized spacial score (nSPS) is 26.0.